The molecule has 2 rings (SSSR count). The SMILES string of the molecule is C=Cc1ccc(O)c2c1OS(=O)(=O)O2. The molecule has 0 fully saturated rings. The molecular formula is C8H6O5S. The lowest BCUT2D eigenvalue weighted by molar-refractivity contribution is 0.419. The number of fused-ring (bicyclic) bond motifs is 1. The van der Waals surface area contributed by atoms with Gasteiger partial charge in [0.05, 0.1) is 0 Å². The van der Waals surface area contributed by atoms with Crippen LogP contribution < -0.4 is 8.37 Å². The third kappa shape index (κ3) is 1.20. The van der Waals surface area contributed by atoms with Crippen LogP contribution in [0.4, 0.5) is 0 Å². The molecule has 1 aromatic carbocycles. The van der Waals surface area contributed by atoms with Crippen molar-refractivity contribution in [3.8, 4) is 17.2 Å². The molecule has 1 aliphatic heterocycles. The molecule has 0 spiro atoms. The molecule has 74 valence electrons. The lowest BCUT2D eigenvalue weighted by Crippen LogP contribution is -2.08. The molecular weight excluding hydrogens is 208 g/mol. The molecule has 0 unspecified atom stereocenters. The van der Waals surface area contributed by atoms with E-state index in [-0.39, 0.29) is 17.2 Å². The van der Waals surface area contributed by atoms with Gasteiger partial charge in [0.15, 0.2) is 5.75 Å². The molecule has 0 atom stereocenters. The van der Waals surface area contributed by atoms with Crippen molar-refractivity contribution >= 4 is 16.5 Å². The van der Waals surface area contributed by atoms with E-state index in [1.54, 1.807) is 0 Å². The van der Waals surface area contributed by atoms with Gasteiger partial charge in [0.25, 0.3) is 0 Å². The average Bonchev–Trinajstić information content (AvgIpc) is 2.42. The van der Waals surface area contributed by atoms with E-state index in [9.17, 15) is 13.5 Å². The van der Waals surface area contributed by atoms with Crippen LogP contribution in [0, 0.1) is 0 Å². The standard InChI is InChI=1S/C8H6O5S/c1-2-5-3-4-6(9)8-7(5)12-14(10,11)13-8/h2-4,9H,1H2. The van der Waals surface area contributed by atoms with Gasteiger partial charge in [-0.25, -0.2) is 0 Å². The third-order valence-electron chi connectivity index (χ3n) is 1.71. The Bertz CT molecular complexity index is 503. The summed E-state index contributed by atoms with van der Waals surface area (Å²) in [7, 11) is -4.07. The Morgan fingerprint density at radius 1 is 1.29 bits per heavy atom. The number of hydrogen-bond donors (Lipinski definition) is 1. The summed E-state index contributed by atoms with van der Waals surface area (Å²) in [5.41, 5.74) is 0.443. The van der Waals surface area contributed by atoms with Gasteiger partial charge in [-0.2, -0.15) is 0 Å². The Hall–Kier alpha value is -1.69. The molecule has 0 amide bonds. The van der Waals surface area contributed by atoms with Crippen LogP contribution in [-0.4, -0.2) is 13.5 Å². The largest absolute Gasteiger partial charge is 0.504 e. The molecule has 1 heterocycles. The fourth-order valence-corrected chi connectivity index (χ4v) is 1.89. The van der Waals surface area contributed by atoms with Crippen molar-refractivity contribution in [3.63, 3.8) is 0 Å². The minimum absolute atomic E-state index is 0.0278. The van der Waals surface area contributed by atoms with Crippen LogP contribution in [0.15, 0.2) is 18.7 Å². The maximum Gasteiger partial charge on any atom is 0.501 e. The van der Waals surface area contributed by atoms with Gasteiger partial charge in [-0.1, -0.05) is 12.7 Å². The summed E-state index contributed by atoms with van der Waals surface area (Å²) in [4.78, 5) is 0. The molecule has 6 heteroatoms. The Morgan fingerprint density at radius 2 is 1.93 bits per heavy atom. The second-order valence-corrected chi connectivity index (χ2v) is 3.76. The quantitative estimate of drug-likeness (QED) is 0.756. The van der Waals surface area contributed by atoms with Gasteiger partial charge >= 0.3 is 10.4 Å². The lowest BCUT2D eigenvalue weighted by Gasteiger charge is -1.99. The second-order valence-electron chi connectivity index (χ2n) is 2.61. The summed E-state index contributed by atoms with van der Waals surface area (Å²) in [6, 6.07) is 2.78. The zero-order chi connectivity index (χ0) is 10.3. The van der Waals surface area contributed by atoms with E-state index in [2.05, 4.69) is 14.9 Å². The van der Waals surface area contributed by atoms with Gasteiger partial charge < -0.3 is 13.5 Å². The normalized spacial score (nSPS) is 16.6. The Labute approximate surface area is 80.5 Å². The van der Waals surface area contributed by atoms with Crippen molar-refractivity contribution in [1.29, 1.82) is 0 Å². The van der Waals surface area contributed by atoms with Crippen molar-refractivity contribution in [3.05, 3.63) is 24.3 Å². The molecule has 0 saturated heterocycles. The first kappa shape index (κ1) is 8.89. The Morgan fingerprint density at radius 3 is 2.57 bits per heavy atom. The minimum atomic E-state index is -4.07. The topological polar surface area (TPSA) is 72.8 Å². The molecule has 0 aliphatic carbocycles. The fraction of sp³-hybridized carbons (Fsp3) is 0. The maximum atomic E-state index is 10.9. The van der Waals surface area contributed by atoms with Crippen LogP contribution in [0.3, 0.4) is 0 Å². The average molecular weight is 214 g/mol. The van der Waals surface area contributed by atoms with Crippen molar-refractivity contribution in [1.82, 2.24) is 0 Å². The molecule has 5 nitrogen and oxygen atoms in total. The molecule has 0 saturated carbocycles. The van der Waals surface area contributed by atoms with Crippen LogP contribution in [0.25, 0.3) is 6.08 Å². The predicted octanol–water partition coefficient (Wildman–Crippen LogP) is 1.05. The van der Waals surface area contributed by atoms with Crippen LogP contribution >= 0.6 is 0 Å². The van der Waals surface area contributed by atoms with Gasteiger partial charge in [0.2, 0.25) is 11.5 Å². The van der Waals surface area contributed by atoms with E-state index < -0.39 is 10.4 Å². The summed E-state index contributed by atoms with van der Waals surface area (Å²) >= 11 is 0. The van der Waals surface area contributed by atoms with Crippen LogP contribution in [0.1, 0.15) is 5.56 Å². The first-order chi connectivity index (χ1) is 6.53. The summed E-state index contributed by atoms with van der Waals surface area (Å²) in [5, 5.41) is 9.28. The molecule has 14 heavy (non-hydrogen) atoms. The van der Waals surface area contributed by atoms with Gasteiger partial charge in [-0.05, 0) is 12.1 Å². The number of aromatic hydroxyl groups is 1. The lowest BCUT2D eigenvalue weighted by atomic mass is 10.2. The molecule has 1 aromatic rings. The van der Waals surface area contributed by atoms with E-state index in [0.717, 1.165) is 0 Å². The number of phenols is 1. The van der Waals surface area contributed by atoms with Crippen molar-refractivity contribution in [2.75, 3.05) is 0 Å². The minimum Gasteiger partial charge on any atom is -0.504 e. The van der Waals surface area contributed by atoms with Crippen molar-refractivity contribution < 1.29 is 21.9 Å². The highest BCUT2D eigenvalue weighted by Gasteiger charge is 2.32. The van der Waals surface area contributed by atoms with Gasteiger partial charge in [-0.15, -0.1) is 8.42 Å². The van der Waals surface area contributed by atoms with Crippen LogP contribution in [-0.2, 0) is 10.4 Å². The van der Waals surface area contributed by atoms with E-state index in [0.29, 0.717) is 5.56 Å². The maximum absolute atomic E-state index is 10.9. The number of benzene rings is 1. The summed E-state index contributed by atoms with van der Waals surface area (Å²) < 4.78 is 30.8. The number of phenolic OH excluding ortho intramolecular Hbond substituents is 1. The van der Waals surface area contributed by atoms with Crippen molar-refractivity contribution in [2.24, 2.45) is 0 Å². The van der Waals surface area contributed by atoms with E-state index in [1.165, 1.54) is 18.2 Å². The highest BCUT2D eigenvalue weighted by Crippen LogP contribution is 2.45. The molecule has 0 bridgehead atoms. The Balaban J connectivity index is 2.70. The zero-order valence-corrected chi connectivity index (χ0v) is 7.74. The fourth-order valence-electron chi connectivity index (χ4n) is 1.12. The van der Waals surface area contributed by atoms with Crippen LogP contribution in [0.5, 0.6) is 17.2 Å². The van der Waals surface area contributed by atoms with E-state index in [4.69, 9.17) is 0 Å². The molecule has 0 radical (unpaired) electrons. The first-order valence-electron chi connectivity index (χ1n) is 3.66. The first-order valence-corrected chi connectivity index (χ1v) is 4.99. The monoisotopic (exact) mass is 214 g/mol. The summed E-state index contributed by atoms with van der Waals surface area (Å²) in [6.45, 7) is 3.47. The highest BCUT2D eigenvalue weighted by molar-refractivity contribution is 7.82. The smallest absolute Gasteiger partial charge is 0.501 e. The van der Waals surface area contributed by atoms with Gasteiger partial charge in [0.1, 0.15) is 0 Å². The predicted molar refractivity (Wildman–Crippen MR) is 48.4 cm³/mol. The molecule has 1 N–H and O–H groups in total. The Kier molecular flexibility index (Phi) is 1.68. The molecule has 1 aliphatic rings. The number of rotatable bonds is 1. The van der Waals surface area contributed by atoms with E-state index >= 15 is 0 Å². The number of hydrogen-bond acceptors (Lipinski definition) is 5. The second kappa shape index (κ2) is 2.65. The third-order valence-corrected chi connectivity index (χ3v) is 2.45. The summed E-state index contributed by atoms with van der Waals surface area (Å²) in [6.07, 6.45) is 1.41. The van der Waals surface area contributed by atoms with Gasteiger partial charge in [0, 0.05) is 5.56 Å². The zero-order valence-electron chi connectivity index (χ0n) is 6.93. The van der Waals surface area contributed by atoms with E-state index in [1.807, 2.05) is 0 Å². The molecule has 0 aromatic heterocycles. The van der Waals surface area contributed by atoms with Crippen LogP contribution in [0.2, 0.25) is 0 Å². The highest BCUT2D eigenvalue weighted by atomic mass is 32.3. The van der Waals surface area contributed by atoms with Crippen molar-refractivity contribution in [2.45, 2.75) is 0 Å². The summed E-state index contributed by atoms with van der Waals surface area (Å²) in [5.74, 6) is -0.505. The van der Waals surface area contributed by atoms with Gasteiger partial charge in [-0.3, -0.25) is 0 Å².